The number of nitrogens with zero attached hydrogens (tertiary/aromatic N) is 1. The highest BCUT2D eigenvalue weighted by molar-refractivity contribution is 7.91. The van der Waals surface area contributed by atoms with Crippen molar-refractivity contribution in [1.82, 2.24) is 15.5 Å². The van der Waals surface area contributed by atoms with E-state index in [1.54, 1.807) is 6.07 Å². The molecule has 1 aromatic rings. The van der Waals surface area contributed by atoms with Gasteiger partial charge in [0.25, 0.3) is 5.91 Å². The average Bonchev–Trinajstić information content (AvgIpc) is 2.79. The molecule has 2 heterocycles. The Hall–Kier alpha value is -1.37. The first-order valence-corrected chi connectivity index (χ1v) is 8.73. The number of rotatable bonds is 4. The zero-order chi connectivity index (χ0) is 14.8. The third-order valence-corrected chi connectivity index (χ3v) is 5.10. The lowest BCUT2D eigenvalue weighted by molar-refractivity contribution is 0.0929. The summed E-state index contributed by atoms with van der Waals surface area (Å²) in [7, 11) is -2.90. The molecule has 0 radical (unpaired) electrons. The maximum absolute atomic E-state index is 12.0. The lowest BCUT2D eigenvalue weighted by Crippen LogP contribution is -2.40. The van der Waals surface area contributed by atoms with Gasteiger partial charge >= 0.3 is 0 Å². The van der Waals surface area contributed by atoms with E-state index in [1.165, 1.54) is 0 Å². The summed E-state index contributed by atoms with van der Waals surface area (Å²) >= 11 is 0. The van der Waals surface area contributed by atoms with E-state index >= 15 is 0 Å². The van der Waals surface area contributed by atoms with Gasteiger partial charge in [-0.2, -0.15) is 5.10 Å². The smallest absolute Gasteiger partial charge is 0.271 e. The largest absolute Gasteiger partial charge is 0.348 e. The summed E-state index contributed by atoms with van der Waals surface area (Å²) in [6, 6.07) is 1.69. The topological polar surface area (TPSA) is 91.9 Å². The summed E-state index contributed by atoms with van der Waals surface area (Å²) in [5, 5.41) is 9.72. The van der Waals surface area contributed by atoms with Crippen LogP contribution >= 0.6 is 0 Å². The molecule has 1 aromatic heterocycles. The van der Waals surface area contributed by atoms with Crippen LogP contribution in [0.2, 0.25) is 0 Å². The fraction of sp³-hybridized carbons (Fsp3) is 0.692. The molecule has 0 bridgehead atoms. The number of aromatic amines is 1. The van der Waals surface area contributed by atoms with Gasteiger partial charge in [-0.1, -0.05) is 13.8 Å². The first kappa shape index (κ1) is 15.0. The molecule has 0 atom stereocenters. The number of amides is 1. The summed E-state index contributed by atoms with van der Waals surface area (Å²) in [6.45, 7) is 4.20. The fourth-order valence-corrected chi connectivity index (χ4v) is 3.81. The SMILES string of the molecule is CC(C)Cc1cc(C(=O)NC2CCS(=O)(=O)CC2)n[nH]1. The van der Waals surface area contributed by atoms with Crippen LogP contribution in [0.5, 0.6) is 0 Å². The van der Waals surface area contributed by atoms with Crippen LogP contribution in [-0.2, 0) is 16.3 Å². The second kappa shape index (κ2) is 5.95. The van der Waals surface area contributed by atoms with E-state index in [0.29, 0.717) is 24.5 Å². The van der Waals surface area contributed by atoms with Crippen LogP contribution in [0.4, 0.5) is 0 Å². The van der Waals surface area contributed by atoms with Crippen molar-refractivity contribution < 1.29 is 13.2 Å². The van der Waals surface area contributed by atoms with E-state index in [4.69, 9.17) is 0 Å². The van der Waals surface area contributed by atoms with Gasteiger partial charge in [0.05, 0.1) is 11.5 Å². The zero-order valence-electron chi connectivity index (χ0n) is 11.8. The maximum Gasteiger partial charge on any atom is 0.271 e. The molecule has 0 aliphatic carbocycles. The van der Waals surface area contributed by atoms with E-state index in [1.807, 2.05) is 0 Å². The van der Waals surface area contributed by atoms with Gasteiger partial charge in [0.1, 0.15) is 15.5 Å². The molecule has 20 heavy (non-hydrogen) atoms. The molecule has 2 N–H and O–H groups in total. The van der Waals surface area contributed by atoms with Crippen molar-refractivity contribution in [3.8, 4) is 0 Å². The molecule has 1 saturated heterocycles. The van der Waals surface area contributed by atoms with Crippen molar-refractivity contribution in [2.75, 3.05) is 11.5 Å². The number of carbonyl (C=O) groups excluding carboxylic acids is 1. The fourth-order valence-electron chi connectivity index (χ4n) is 2.32. The Kier molecular flexibility index (Phi) is 4.47. The van der Waals surface area contributed by atoms with Gasteiger partial charge < -0.3 is 5.32 Å². The van der Waals surface area contributed by atoms with Crippen LogP contribution < -0.4 is 5.32 Å². The van der Waals surface area contributed by atoms with Gasteiger partial charge in [-0.05, 0) is 31.2 Å². The minimum Gasteiger partial charge on any atom is -0.348 e. The summed E-state index contributed by atoms with van der Waals surface area (Å²) in [4.78, 5) is 12.0. The van der Waals surface area contributed by atoms with E-state index in [9.17, 15) is 13.2 Å². The molecule has 0 spiro atoms. The van der Waals surface area contributed by atoms with Crippen LogP contribution in [0.25, 0.3) is 0 Å². The average molecular weight is 299 g/mol. The zero-order valence-corrected chi connectivity index (χ0v) is 12.7. The molecule has 2 rings (SSSR count). The molecule has 0 unspecified atom stereocenters. The Bertz CT molecular complexity index is 563. The van der Waals surface area contributed by atoms with Gasteiger partial charge in [0.15, 0.2) is 0 Å². The number of nitrogens with one attached hydrogen (secondary N) is 2. The third-order valence-electron chi connectivity index (χ3n) is 3.38. The quantitative estimate of drug-likeness (QED) is 0.864. The van der Waals surface area contributed by atoms with E-state index < -0.39 is 9.84 Å². The van der Waals surface area contributed by atoms with Crippen LogP contribution in [0.15, 0.2) is 6.07 Å². The molecule has 6 nitrogen and oxygen atoms in total. The standard InChI is InChI=1S/C13H21N3O3S/c1-9(2)7-11-8-12(16-15-11)13(17)14-10-3-5-20(18,19)6-4-10/h8-10H,3-7H2,1-2H3,(H,14,17)(H,15,16). The number of hydrogen-bond donors (Lipinski definition) is 2. The molecule has 7 heteroatoms. The van der Waals surface area contributed by atoms with Gasteiger partial charge in [0, 0.05) is 11.7 Å². The molecule has 1 amide bonds. The summed E-state index contributed by atoms with van der Waals surface area (Å²) in [6.07, 6.45) is 1.82. The lowest BCUT2D eigenvalue weighted by Gasteiger charge is -2.22. The molecule has 0 saturated carbocycles. The highest BCUT2D eigenvalue weighted by Crippen LogP contribution is 2.13. The second-order valence-corrected chi connectivity index (χ2v) is 8.08. The lowest BCUT2D eigenvalue weighted by atomic mass is 10.1. The van der Waals surface area contributed by atoms with Crippen LogP contribution in [-0.4, -0.2) is 42.1 Å². The third kappa shape index (κ3) is 4.06. The Morgan fingerprint density at radius 2 is 2.10 bits per heavy atom. The van der Waals surface area contributed by atoms with Gasteiger partial charge in [-0.3, -0.25) is 9.89 Å². The second-order valence-electron chi connectivity index (χ2n) is 5.78. The van der Waals surface area contributed by atoms with Crippen molar-refractivity contribution >= 4 is 15.7 Å². The van der Waals surface area contributed by atoms with Crippen LogP contribution in [0, 0.1) is 5.92 Å². The van der Waals surface area contributed by atoms with E-state index in [0.717, 1.165) is 12.1 Å². The summed E-state index contributed by atoms with van der Waals surface area (Å²) in [5.41, 5.74) is 1.31. The minimum atomic E-state index is -2.90. The van der Waals surface area contributed by atoms with Crippen LogP contribution in [0.1, 0.15) is 42.9 Å². The first-order chi connectivity index (χ1) is 9.35. The molecule has 0 aromatic carbocycles. The molecule has 1 aliphatic heterocycles. The molecular formula is C13H21N3O3S. The predicted octanol–water partition coefficient (Wildman–Crippen LogP) is 0.915. The number of hydrogen-bond acceptors (Lipinski definition) is 4. The summed E-state index contributed by atoms with van der Waals surface area (Å²) < 4.78 is 22.7. The number of aromatic nitrogens is 2. The molecule has 112 valence electrons. The van der Waals surface area contributed by atoms with Gasteiger partial charge in [-0.25, -0.2) is 8.42 Å². The van der Waals surface area contributed by atoms with Crippen molar-refractivity contribution in [1.29, 1.82) is 0 Å². The maximum atomic E-state index is 12.0. The van der Waals surface area contributed by atoms with E-state index in [2.05, 4.69) is 29.4 Å². The number of carbonyl (C=O) groups is 1. The van der Waals surface area contributed by atoms with Crippen LogP contribution in [0.3, 0.4) is 0 Å². The van der Waals surface area contributed by atoms with Gasteiger partial charge in [0.2, 0.25) is 0 Å². The predicted molar refractivity (Wildman–Crippen MR) is 76.3 cm³/mol. The van der Waals surface area contributed by atoms with E-state index in [-0.39, 0.29) is 23.5 Å². The highest BCUT2D eigenvalue weighted by Gasteiger charge is 2.25. The molecule has 1 fully saturated rings. The van der Waals surface area contributed by atoms with Crippen molar-refractivity contribution in [3.05, 3.63) is 17.5 Å². The Morgan fingerprint density at radius 1 is 1.45 bits per heavy atom. The minimum absolute atomic E-state index is 0.0729. The highest BCUT2D eigenvalue weighted by atomic mass is 32.2. The van der Waals surface area contributed by atoms with Gasteiger partial charge in [-0.15, -0.1) is 0 Å². The Balaban J connectivity index is 1.90. The number of sulfone groups is 1. The molecular weight excluding hydrogens is 278 g/mol. The summed E-state index contributed by atoms with van der Waals surface area (Å²) in [5.74, 6) is 0.560. The normalized spacial score (nSPS) is 19.1. The van der Waals surface area contributed by atoms with Crippen molar-refractivity contribution in [2.45, 2.75) is 39.2 Å². The Morgan fingerprint density at radius 3 is 2.70 bits per heavy atom. The molecule has 1 aliphatic rings. The van der Waals surface area contributed by atoms with Crippen molar-refractivity contribution in [3.63, 3.8) is 0 Å². The first-order valence-electron chi connectivity index (χ1n) is 6.91. The Labute approximate surface area is 119 Å². The monoisotopic (exact) mass is 299 g/mol. The number of H-pyrrole nitrogens is 1. The van der Waals surface area contributed by atoms with Crippen molar-refractivity contribution in [2.24, 2.45) is 5.92 Å².